The number of fused-ring (bicyclic) bond motifs is 3. The lowest BCUT2D eigenvalue weighted by molar-refractivity contribution is 0.355. The molecule has 0 amide bonds. The fourth-order valence-electron chi connectivity index (χ4n) is 2.50. The SMILES string of the molecule is COc1cc2ncc3c(c2cc1OC)CCNC3. The Bertz CT molecular complexity index is 596. The van der Waals surface area contributed by atoms with Crippen molar-refractivity contribution in [2.24, 2.45) is 0 Å². The van der Waals surface area contributed by atoms with E-state index in [1.54, 1.807) is 14.2 Å². The fraction of sp³-hybridized carbons (Fsp3) is 0.357. The maximum absolute atomic E-state index is 5.37. The molecule has 18 heavy (non-hydrogen) atoms. The molecule has 0 saturated carbocycles. The van der Waals surface area contributed by atoms with Gasteiger partial charge < -0.3 is 14.8 Å². The van der Waals surface area contributed by atoms with Crippen molar-refractivity contribution in [2.45, 2.75) is 13.0 Å². The summed E-state index contributed by atoms with van der Waals surface area (Å²) < 4.78 is 10.7. The van der Waals surface area contributed by atoms with E-state index in [-0.39, 0.29) is 0 Å². The van der Waals surface area contributed by atoms with Crippen LogP contribution in [-0.2, 0) is 13.0 Å². The van der Waals surface area contributed by atoms with Crippen LogP contribution in [0.2, 0.25) is 0 Å². The quantitative estimate of drug-likeness (QED) is 0.876. The van der Waals surface area contributed by atoms with E-state index >= 15 is 0 Å². The fourth-order valence-corrected chi connectivity index (χ4v) is 2.50. The van der Waals surface area contributed by atoms with Gasteiger partial charge in [0.25, 0.3) is 0 Å². The molecule has 4 nitrogen and oxygen atoms in total. The molecule has 3 rings (SSSR count). The highest BCUT2D eigenvalue weighted by Crippen LogP contribution is 2.34. The topological polar surface area (TPSA) is 43.4 Å². The first-order valence-corrected chi connectivity index (χ1v) is 6.06. The summed E-state index contributed by atoms with van der Waals surface area (Å²) in [5, 5.41) is 4.53. The first-order chi connectivity index (χ1) is 8.83. The second kappa shape index (κ2) is 4.46. The van der Waals surface area contributed by atoms with Gasteiger partial charge in [-0.2, -0.15) is 0 Å². The summed E-state index contributed by atoms with van der Waals surface area (Å²) >= 11 is 0. The molecule has 94 valence electrons. The number of benzene rings is 1. The molecule has 0 fully saturated rings. The number of rotatable bonds is 2. The van der Waals surface area contributed by atoms with Crippen LogP contribution in [0.25, 0.3) is 10.9 Å². The van der Waals surface area contributed by atoms with Crippen molar-refractivity contribution in [2.75, 3.05) is 20.8 Å². The molecule has 0 radical (unpaired) electrons. The van der Waals surface area contributed by atoms with Gasteiger partial charge in [-0.05, 0) is 30.2 Å². The number of aromatic nitrogens is 1. The van der Waals surface area contributed by atoms with Gasteiger partial charge in [0.2, 0.25) is 0 Å². The number of nitrogens with zero attached hydrogens (tertiary/aromatic N) is 1. The van der Waals surface area contributed by atoms with Crippen LogP contribution in [0, 0.1) is 0 Å². The Kier molecular flexibility index (Phi) is 2.80. The molecule has 0 spiro atoms. The third kappa shape index (κ3) is 1.69. The second-order valence-corrected chi connectivity index (χ2v) is 4.41. The largest absolute Gasteiger partial charge is 0.493 e. The van der Waals surface area contributed by atoms with E-state index in [9.17, 15) is 0 Å². The second-order valence-electron chi connectivity index (χ2n) is 4.41. The number of methoxy groups -OCH3 is 2. The van der Waals surface area contributed by atoms with Gasteiger partial charge in [-0.25, -0.2) is 0 Å². The van der Waals surface area contributed by atoms with E-state index in [0.717, 1.165) is 36.5 Å². The van der Waals surface area contributed by atoms with Crippen molar-refractivity contribution < 1.29 is 9.47 Å². The Hall–Kier alpha value is -1.81. The van der Waals surface area contributed by atoms with Crippen LogP contribution < -0.4 is 14.8 Å². The molecule has 0 saturated heterocycles. The molecule has 0 aliphatic carbocycles. The van der Waals surface area contributed by atoms with Gasteiger partial charge in [0.1, 0.15) is 0 Å². The molecule has 1 aliphatic rings. The average Bonchev–Trinajstić information content (AvgIpc) is 2.45. The highest BCUT2D eigenvalue weighted by Gasteiger charge is 2.15. The molecule has 0 unspecified atom stereocenters. The third-order valence-corrected chi connectivity index (χ3v) is 3.44. The van der Waals surface area contributed by atoms with Crippen LogP contribution in [0.15, 0.2) is 18.3 Å². The zero-order chi connectivity index (χ0) is 12.5. The zero-order valence-corrected chi connectivity index (χ0v) is 10.6. The molecule has 4 heteroatoms. The molecule has 1 aromatic heterocycles. The Morgan fingerprint density at radius 2 is 1.94 bits per heavy atom. The number of hydrogen-bond donors (Lipinski definition) is 1. The van der Waals surface area contributed by atoms with Crippen molar-refractivity contribution in [3.63, 3.8) is 0 Å². The van der Waals surface area contributed by atoms with Crippen molar-refractivity contribution in [1.82, 2.24) is 10.3 Å². The maximum Gasteiger partial charge on any atom is 0.162 e. The minimum atomic E-state index is 0.728. The van der Waals surface area contributed by atoms with Gasteiger partial charge in [-0.1, -0.05) is 0 Å². The average molecular weight is 244 g/mol. The first kappa shape index (κ1) is 11.3. The highest BCUT2D eigenvalue weighted by atomic mass is 16.5. The molecule has 1 aliphatic heterocycles. The highest BCUT2D eigenvalue weighted by molar-refractivity contribution is 5.86. The molecular formula is C14H16N2O2. The van der Waals surface area contributed by atoms with E-state index in [2.05, 4.69) is 10.3 Å². The lowest BCUT2D eigenvalue weighted by atomic mass is 9.98. The summed E-state index contributed by atoms with van der Waals surface area (Å²) in [4.78, 5) is 4.50. The van der Waals surface area contributed by atoms with Gasteiger partial charge in [-0.15, -0.1) is 0 Å². The Balaban J connectivity index is 2.27. The molecule has 2 aromatic rings. The van der Waals surface area contributed by atoms with Gasteiger partial charge >= 0.3 is 0 Å². The predicted molar refractivity (Wildman–Crippen MR) is 70.3 cm³/mol. The van der Waals surface area contributed by atoms with Crippen LogP contribution in [0.1, 0.15) is 11.1 Å². The number of hydrogen-bond acceptors (Lipinski definition) is 4. The molecule has 0 atom stereocenters. The van der Waals surface area contributed by atoms with Crippen molar-refractivity contribution in [3.05, 3.63) is 29.5 Å². The van der Waals surface area contributed by atoms with Crippen molar-refractivity contribution in [1.29, 1.82) is 0 Å². The first-order valence-electron chi connectivity index (χ1n) is 6.06. The van der Waals surface area contributed by atoms with E-state index in [1.807, 2.05) is 18.3 Å². The number of nitrogens with one attached hydrogen (secondary N) is 1. The van der Waals surface area contributed by atoms with E-state index in [0.29, 0.717) is 0 Å². The van der Waals surface area contributed by atoms with E-state index < -0.39 is 0 Å². The monoisotopic (exact) mass is 244 g/mol. The minimum absolute atomic E-state index is 0.728. The zero-order valence-electron chi connectivity index (χ0n) is 10.6. The van der Waals surface area contributed by atoms with Crippen LogP contribution in [0.3, 0.4) is 0 Å². The minimum Gasteiger partial charge on any atom is -0.493 e. The lowest BCUT2D eigenvalue weighted by Crippen LogP contribution is -2.24. The Morgan fingerprint density at radius 3 is 2.72 bits per heavy atom. The maximum atomic E-state index is 5.37. The van der Waals surface area contributed by atoms with Crippen LogP contribution >= 0.6 is 0 Å². The molecule has 2 heterocycles. The molecule has 0 bridgehead atoms. The Morgan fingerprint density at radius 1 is 1.17 bits per heavy atom. The summed E-state index contributed by atoms with van der Waals surface area (Å²) in [5.74, 6) is 1.49. The van der Waals surface area contributed by atoms with Crippen molar-refractivity contribution >= 4 is 10.9 Å². The summed E-state index contributed by atoms with van der Waals surface area (Å²) in [7, 11) is 3.31. The van der Waals surface area contributed by atoms with Crippen LogP contribution in [0.5, 0.6) is 11.5 Å². The summed E-state index contributed by atoms with van der Waals surface area (Å²) in [5.41, 5.74) is 3.62. The van der Waals surface area contributed by atoms with Gasteiger partial charge in [0.15, 0.2) is 11.5 Å². The van der Waals surface area contributed by atoms with E-state index in [4.69, 9.17) is 9.47 Å². The normalized spacial score (nSPS) is 14.3. The van der Waals surface area contributed by atoms with Crippen molar-refractivity contribution in [3.8, 4) is 11.5 Å². The summed E-state index contributed by atoms with van der Waals surface area (Å²) in [6, 6.07) is 3.97. The van der Waals surface area contributed by atoms with Crippen LogP contribution in [-0.4, -0.2) is 25.7 Å². The van der Waals surface area contributed by atoms with E-state index in [1.165, 1.54) is 16.5 Å². The summed E-state index contributed by atoms with van der Waals surface area (Å²) in [6.07, 6.45) is 2.99. The lowest BCUT2D eigenvalue weighted by Gasteiger charge is -2.19. The third-order valence-electron chi connectivity index (χ3n) is 3.44. The number of ether oxygens (including phenoxy) is 2. The van der Waals surface area contributed by atoms with Gasteiger partial charge in [-0.3, -0.25) is 4.98 Å². The smallest absolute Gasteiger partial charge is 0.162 e. The van der Waals surface area contributed by atoms with Gasteiger partial charge in [0, 0.05) is 24.2 Å². The van der Waals surface area contributed by atoms with Crippen LogP contribution in [0.4, 0.5) is 0 Å². The molecule has 1 N–H and O–H groups in total. The summed E-state index contributed by atoms with van der Waals surface area (Å²) in [6.45, 7) is 1.91. The predicted octanol–water partition coefficient (Wildman–Crippen LogP) is 1.90. The molecular weight excluding hydrogens is 228 g/mol. The molecule has 1 aromatic carbocycles. The Labute approximate surface area is 106 Å². The standard InChI is InChI=1S/C14H16N2O2/c1-17-13-5-11-10-3-4-15-7-9(10)8-16-12(11)6-14(13)18-2/h5-6,8,15H,3-4,7H2,1-2H3. The van der Waals surface area contributed by atoms with Gasteiger partial charge in [0.05, 0.1) is 19.7 Å². The number of pyridine rings is 1.